The second-order valence-corrected chi connectivity index (χ2v) is 7.24. The van der Waals surface area contributed by atoms with Crippen LogP contribution in [0.1, 0.15) is 38.1 Å². The van der Waals surface area contributed by atoms with Crippen LogP contribution in [0.2, 0.25) is 0 Å². The topological polar surface area (TPSA) is 53.1 Å². The number of hydrogen-bond acceptors (Lipinski definition) is 4. The van der Waals surface area contributed by atoms with E-state index in [0.717, 1.165) is 41.1 Å². The molecule has 4 nitrogen and oxygen atoms in total. The van der Waals surface area contributed by atoms with Gasteiger partial charge in [0, 0.05) is 25.0 Å². The number of hydrogen-bond donors (Lipinski definition) is 0. The summed E-state index contributed by atoms with van der Waals surface area (Å²) in [6.07, 6.45) is 3.40. The highest BCUT2D eigenvalue weighted by Crippen LogP contribution is 2.27. The maximum absolute atomic E-state index is 8.93. The third-order valence-corrected chi connectivity index (χ3v) is 5.50. The molecule has 0 aliphatic carbocycles. The minimum Gasteiger partial charge on any atom is -0.441 e. The molecule has 3 aromatic rings. The highest BCUT2D eigenvalue weighted by Gasteiger charge is 2.27. The number of benzene rings is 2. The number of fused-ring (bicyclic) bond motifs is 1. The van der Waals surface area contributed by atoms with Crippen LogP contribution in [-0.2, 0) is 6.42 Å². The normalized spacial score (nSPS) is 20.5. The molecule has 2 aromatic carbocycles. The summed E-state index contributed by atoms with van der Waals surface area (Å²) >= 11 is 0. The first-order valence-corrected chi connectivity index (χ1v) is 9.30. The summed E-state index contributed by atoms with van der Waals surface area (Å²) < 4.78 is 5.94. The summed E-state index contributed by atoms with van der Waals surface area (Å²) in [5, 5.41) is 8.93. The molecule has 4 rings (SSSR count). The van der Waals surface area contributed by atoms with Gasteiger partial charge in [0.05, 0.1) is 11.6 Å². The Balaban J connectivity index is 1.53. The largest absolute Gasteiger partial charge is 0.441 e. The van der Waals surface area contributed by atoms with Gasteiger partial charge < -0.3 is 4.42 Å². The Morgan fingerprint density at radius 2 is 1.77 bits per heavy atom. The Morgan fingerprint density at radius 3 is 2.46 bits per heavy atom. The molecule has 0 bridgehead atoms. The second kappa shape index (κ2) is 6.93. The molecule has 1 aromatic heterocycles. The lowest BCUT2D eigenvalue weighted by atomic mass is 10.0. The van der Waals surface area contributed by atoms with Crippen molar-refractivity contribution in [2.24, 2.45) is 0 Å². The van der Waals surface area contributed by atoms with Crippen LogP contribution >= 0.6 is 0 Å². The average Bonchev–Trinajstić information content (AvgIpc) is 3.22. The van der Waals surface area contributed by atoms with Crippen molar-refractivity contribution >= 4 is 11.1 Å². The van der Waals surface area contributed by atoms with E-state index >= 15 is 0 Å². The minimum atomic E-state index is 0.650. The highest BCUT2D eigenvalue weighted by atomic mass is 16.3. The van der Waals surface area contributed by atoms with Gasteiger partial charge in [0.15, 0.2) is 11.5 Å². The fourth-order valence-corrected chi connectivity index (χ4v) is 3.91. The third kappa shape index (κ3) is 3.23. The Hall–Kier alpha value is -2.64. The molecule has 2 atom stereocenters. The lowest BCUT2D eigenvalue weighted by Crippen LogP contribution is -2.34. The van der Waals surface area contributed by atoms with Crippen molar-refractivity contribution in [2.75, 3.05) is 6.54 Å². The van der Waals surface area contributed by atoms with Crippen LogP contribution in [0.15, 0.2) is 46.9 Å². The van der Waals surface area contributed by atoms with E-state index in [0.29, 0.717) is 17.6 Å². The predicted molar refractivity (Wildman–Crippen MR) is 103 cm³/mol. The molecule has 1 aliphatic heterocycles. The molecule has 0 amide bonds. The van der Waals surface area contributed by atoms with Crippen LogP contribution in [0.3, 0.4) is 0 Å². The lowest BCUT2D eigenvalue weighted by molar-refractivity contribution is 0.212. The molecule has 26 heavy (non-hydrogen) atoms. The zero-order valence-electron chi connectivity index (χ0n) is 15.3. The average molecular weight is 345 g/mol. The highest BCUT2D eigenvalue weighted by molar-refractivity contribution is 5.80. The molecule has 1 fully saturated rings. The summed E-state index contributed by atoms with van der Waals surface area (Å²) in [6, 6.07) is 17.2. The van der Waals surface area contributed by atoms with Crippen molar-refractivity contribution in [1.82, 2.24) is 9.88 Å². The lowest BCUT2D eigenvalue weighted by Gasteiger charge is -2.25. The van der Waals surface area contributed by atoms with E-state index in [-0.39, 0.29) is 0 Å². The molecule has 1 saturated heterocycles. The summed E-state index contributed by atoms with van der Waals surface area (Å²) in [7, 11) is 0. The van der Waals surface area contributed by atoms with Crippen molar-refractivity contribution in [3.8, 4) is 17.2 Å². The van der Waals surface area contributed by atoms with Crippen LogP contribution in [0.25, 0.3) is 22.2 Å². The third-order valence-electron chi connectivity index (χ3n) is 5.50. The number of rotatable bonds is 4. The van der Waals surface area contributed by atoms with E-state index in [1.54, 1.807) is 0 Å². The van der Waals surface area contributed by atoms with Crippen molar-refractivity contribution in [3.63, 3.8) is 0 Å². The van der Waals surface area contributed by atoms with Crippen LogP contribution in [-0.4, -0.2) is 28.5 Å². The fourth-order valence-electron chi connectivity index (χ4n) is 3.91. The van der Waals surface area contributed by atoms with Gasteiger partial charge in [0.2, 0.25) is 0 Å². The van der Waals surface area contributed by atoms with Crippen molar-refractivity contribution in [1.29, 1.82) is 5.26 Å². The van der Waals surface area contributed by atoms with Gasteiger partial charge >= 0.3 is 0 Å². The summed E-state index contributed by atoms with van der Waals surface area (Å²) in [5.74, 6) is 0.809. The molecule has 0 saturated carbocycles. The Bertz CT molecular complexity index is 942. The van der Waals surface area contributed by atoms with Gasteiger partial charge in [-0.25, -0.2) is 4.98 Å². The van der Waals surface area contributed by atoms with Gasteiger partial charge in [0.25, 0.3) is 0 Å². The molecule has 4 heteroatoms. The Morgan fingerprint density at radius 1 is 1.08 bits per heavy atom. The first kappa shape index (κ1) is 16.8. The molecule has 0 radical (unpaired) electrons. The quantitative estimate of drug-likeness (QED) is 0.683. The van der Waals surface area contributed by atoms with Crippen molar-refractivity contribution in [3.05, 3.63) is 53.9 Å². The summed E-state index contributed by atoms with van der Waals surface area (Å²) in [4.78, 5) is 7.25. The number of nitriles is 1. The zero-order chi connectivity index (χ0) is 18.1. The molecule has 0 spiro atoms. The molecule has 2 heterocycles. The molecule has 0 N–H and O–H groups in total. The molecule has 1 aliphatic rings. The monoisotopic (exact) mass is 345 g/mol. The van der Waals surface area contributed by atoms with E-state index < -0.39 is 0 Å². The van der Waals surface area contributed by atoms with E-state index in [4.69, 9.17) is 14.7 Å². The van der Waals surface area contributed by atoms with Gasteiger partial charge in [-0.05, 0) is 62.1 Å². The maximum atomic E-state index is 8.93. The van der Waals surface area contributed by atoms with Crippen LogP contribution in [0, 0.1) is 11.3 Å². The SMILES string of the molecule is C[C@@H]1CC[C@@H](C)N1CCc1nc2cc(-c3ccc(C#N)cc3)ccc2o1. The summed E-state index contributed by atoms with van der Waals surface area (Å²) in [5.41, 5.74) is 4.56. The van der Waals surface area contributed by atoms with Gasteiger partial charge in [-0.2, -0.15) is 5.26 Å². The summed E-state index contributed by atoms with van der Waals surface area (Å²) in [6.45, 7) is 5.61. The van der Waals surface area contributed by atoms with Gasteiger partial charge in [0.1, 0.15) is 5.52 Å². The smallest absolute Gasteiger partial charge is 0.196 e. The molecular weight excluding hydrogens is 322 g/mol. The van der Waals surface area contributed by atoms with Crippen LogP contribution < -0.4 is 0 Å². The Labute approximate surface area is 154 Å². The maximum Gasteiger partial charge on any atom is 0.196 e. The van der Waals surface area contributed by atoms with Gasteiger partial charge in [-0.15, -0.1) is 0 Å². The van der Waals surface area contributed by atoms with E-state index in [2.05, 4.69) is 30.9 Å². The fraction of sp³-hybridized carbons (Fsp3) is 0.364. The predicted octanol–water partition coefficient (Wildman–Crippen LogP) is 4.78. The first-order chi connectivity index (χ1) is 12.6. The molecular formula is C22H23N3O. The minimum absolute atomic E-state index is 0.650. The number of likely N-dealkylation sites (tertiary alicyclic amines) is 1. The van der Waals surface area contributed by atoms with E-state index in [1.807, 2.05) is 36.4 Å². The van der Waals surface area contributed by atoms with Crippen molar-refractivity contribution < 1.29 is 4.42 Å². The number of aromatic nitrogens is 1. The van der Waals surface area contributed by atoms with Crippen LogP contribution in [0.5, 0.6) is 0 Å². The van der Waals surface area contributed by atoms with E-state index in [1.165, 1.54) is 12.8 Å². The van der Waals surface area contributed by atoms with Crippen molar-refractivity contribution in [2.45, 2.75) is 45.2 Å². The van der Waals surface area contributed by atoms with Gasteiger partial charge in [-0.3, -0.25) is 4.90 Å². The molecule has 0 unspecified atom stereocenters. The molecule has 132 valence electrons. The zero-order valence-corrected chi connectivity index (χ0v) is 15.3. The van der Waals surface area contributed by atoms with Crippen LogP contribution in [0.4, 0.5) is 0 Å². The van der Waals surface area contributed by atoms with Gasteiger partial charge in [-0.1, -0.05) is 18.2 Å². The standard InChI is InChI=1S/C22H23N3O/c1-15-3-4-16(2)25(15)12-11-22-24-20-13-19(9-10-21(20)26-22)18-7-5-17(14-23)6-8-18/h5-10,13,15-16H,3-4,11-12H2,1-2H3/t15-,16-/m1/s1. The Kier molecular flexibility index (Phi) is 4.48. The number of nitrogens with zero attached hydrogens (tertiary/aromatic N) is 3. The second-order valence-electron chi connectivity index (χ2n) is 7.24. The first-order valence-electron chi connectivity index (χ1n) is 9.30. The number of oxazole rings is 1. The van der Waals surface area contributed by atoms with E-state index in [9.17, 15) is 0 Å².